The number of rotatable bonds is 4. The molecule has 2 fully saturated rings. The molecule has 4 nitrogen and oxygen atoms in total. The third-order valence-electron chi connectivity index (χ3n) is 5.85. The van der Waals surface area contributed by atoms with Crippen molar-refractivity contribution < 1.29 is 4.79 Å². The van der Waals surface area contributed by atoms with Crippen LogP contribution in [0, 0.1) is 5.41 Å². The van der Waals surface area contributed by atoms with Crippen LogP contribution in [-0.2, 0) is 0 Å². The van der Waals surface area contributed by atoms with Crippen molar-refractivity contribution >= 4 is 11.6 Å². The Balaban J connectivity index is 1.63. The zero-order chi connectivity index (χ0) is 17.2. The van der Waals surface area contributed by atoms with Crippen LogP contribution in [0.15, 0.2) is 24.3 Å². The first-order chi connectivity index (χ1) is 11.5. The molecular formula is C20H31N3O. The van der Waals surface area contributed by atoms with Gasteiger partial charge in [0.25, 0.3) is 5.91 Å². The van der Waals surface area contributed by atoms with Crippen molar-refractivity contribution in [3.05, 3.63) is 29.8 Å². The quantitative estimate of drug-likeness (QED) is 0.922. The van der Waals surface area contributed by atoms with Crippen LogP contribution in [0.5, 0.6) is 0 Å². The highest BCUT2D eigenvalue weighted by Crippen LogP contribution is 2.37. The van der Waals surface area contributed by atoms with Crippen LogP contribution >= 0.6 is 0 Å². The molecule has 0 bridgehead atoms. The van der Waals surface area contributed by atoms with Gasteiger partial charge in [0, 0.05) is 43.5 Å². The van der Waals surface area contributed by atoms with E-state index in [1.54, 1.807) is 0 Å². The first-order valence-corrected chi connectivity index (χ1v) is 9.41. The van der Waals surface area contributed by atoms with Crippen molar-refractivity contribution in [1.29, 1.82) is 0 Å². The lowest BCUT2D eigenvalue weighted by molar-refractivity contribution is 0.0607. The Morgan fingerprint density at radius 2 is 1.88 bits per heavy atom. The molecule has 1 N–H and O–H groups in total. The number of nitrogens with zero attached hydrogens (tertiary/aromatic N) is 2. The molecule has 2 saturated heterocycles. The number of anilines is 1. The van der Waals surface area contributed by atoms with Gasteiger partial charge in [-0.15, -0.1) is 0 Å². The van der Waals surface area contributed by atoms with E-state index < -0.39 is 0 Å². The number of hydrogen-bond acceptors (Lipinski definition) is 3. The number of amides is 1. The molecule has 0 unspecified atom stereocenters. The summed E-state index contributed by atoms with van der Waals surface area (Å²) in [7, 11) is 0. The number of likely N-dealkylation sites (tertiary alicyclic amines) is 1. The van der Waals surface area contributed by atoms with Crippen LogP contribution in [0.4, 0.5) is 5.69 Å². The van der Waals surface area contributed by atoms with Gasteiger partial charge in [0.15, 0.2) is 0 Å². The molecule has 1 aromatic rings. The van der Waals surface area contributed by atoms with E-state index >= 15 is 0 Å². The molecule has 0 aliphatic carbocycles. The first-order valence-electron chi connectivity index (χ1n) is 9.41. The lowest BCUT2D eigenvalue weighted by atomic mass is 9.78. The largest absolute Gasteiger partial charge is 0.369 e. The summed E-state index contributed by atoms with van der Waals surface area (Å²) in [5, 5.41) is 3.48. The van der Waals surface area contributed by atoms with Crippen LogP contribution in [0.2, 0.25) is 0 Å². The lowest BCUT2D eigenvalue weighted by Gasteiger charge is -2.39. The summed E-state index contributed by atoms with van der Waals surface area (Å²) >= 11 is 0. The summed E-state index contributed by atoms with van der Waals surface area (Å²) in [4.78, 5) is 17.2. The van der Waals surface area contributed by atoms with Crippen LogP contribution < -0.4 is 10.2 Å². The number of hydrogen-bond donors (Lipinski definition) is 1. The summed E-state index contributed by atoms with van der Waals surface area (Å²) in [5.41, 5.74) is 2.47. The fraction of sp³-hybridized carbons (Fsp3) is 0.650. The maximum Gasteiger partial charge on any atom is 0.253 e. The van der Waals surface area contributed by atoms with Crippen molar-refractivity contribution in [3.63, 3.8) is 0 Å². The van der Waals surface area contributed by atoms with E-state index in [-0.39, 0.29) is 5.91 Å². The maximum absolute atomic E-state index is 12.8. The van der Waals surface area contributed by atoms with Gasteiger partial charge in [-0.3, -0.25) is 4.79 Å². The van der Waals surface area contributed by atoms with Crippen LogP contribution in [0.3, 0.4) is 0 Å². The third-order valence-corrected chi connectivity index (χ3v) is 5.85. The van der Waals surface area contributed by atoms with E-state index in [1.165, 1.54) is 12.1 Å². The fourth-order valence-electron chi connectivity index (χ4n) is 4.23. The molecule has 2 aliphatic rings. The number of carbonyl (C=O) groups is 1. The molecule has 4 heteroatoms. The molecule has 24 heavy (non-hydrogen) atoms. The third kappa shape index (κ3) is 3.44. The van der Waals surface area contributed by atoms with Crippen LogP contribution in [-0.4, -0.2) is 49.6 Å². The predicted octanol–water partition coefficient (Wildman–Crippen LogP) is 3.14. The summed E-state index contributed by atoms with van der Waals surface area (Å²) in [6, 6.07) is 8.62. The molecule has 132 valence electrons. The second-order valence-electron chi connectivity index (χ2n) is 7.65. The Kier molecular flexibility index (Phi) is 5.14. The van der Waals surface area contributed by atoms with Crippen molar-refractivity contribution in [2.24, 2.45) is 5.41 Å². The second-order valence-corrected chi connectivity index (χ2v) is 7.65. The fourth-order valence-corrected chi connectivity index (χ4v) is 4.23. The van der Waals surface area contributed by atoms with E-state index in [0.717, 1.165) is 51.1 Å². The minimum absolute atomic E-state index is 0.190. The maximum atomic E-state index is 12.8. The zero-order valence-corrected chi connectivity index (χ0v) is 15.3. The number of carbonyl (C=O) groups excluding carboxylic acids is 1. The average Bonchev–Trinajstić information content (AvgIpc) is 3.04. The van der Waals surface area contributed by atoms with Crippen molar-refractivity contribution in [3.8, 4) is 0 Å². The molecule has 0 atom stereocenters. The van der Waals surface area contributed by atoms with E-state index in [0.29, 0.717) is 11.5 Å². The number of benzene rings is 1. The highest BCUT2D eigenvalue weighted by molar-refractivity contribution is 5.94. The standard InChI is InChI=1S/C20H31N3O/c1-4-23(16(2)3)18-7-5-17(6-8-18)19(24)22-13-10-20(11-14-22)9-12-21-15-20/h5-8,16,21H,4,9-15H2,1-3H3. The Morgan fingerprint density at radius 1 is 1.21 bits per heavy atom. The summed E-state index contributed by atoms with van der Waals surface area (Å²) in [6.45, 7) is 11.6. The summed E-state index contributed by atoms with van der Waals surface area (Å²) in [6.07, 6.45) is 3.55. The van der Waals surface area contributed by atoms with Gasteiger partial charge in [0.2, 0.25) is 0 Å². The lowest BCUT2D eigenvalue weighted by Crippen LogP contribution is -2.44. The molecule has 1 spiro atoms. The van der Waals surface area contributed by atoms with Gasteiger partial charge in [-0.05, 0) is 76.3 Å². The molecular weight excluding hydrogens is 298 g/mol. The van der Waals surface area contributed by atoms with Gasteiger partial charge in [0.1, 0.15) is 0 Å². The van der Waals surface area contributed by atoms with Crippen LogP contribution in [0.1, 0.15) is 50.4 Å². The van der Waals surface area contributed by atoms with Gasteiger partial charge >= 0.3 is 0 Å². The van der Waals surface area contributed by atoms with Gasteiger partial charge < -0.3 is 15.1 Å². The zero-order valence-electron chi connectivity index (χ0n) is 15.3. The minimum atomic E-state index is 0.190. The molecule has 3 rings (SSSR count). The molecule has 1 amide bonds. The smallest absolute Gasteiger partial charge is 0.253 e. The van der Waals surface area contributed by atoms with E-state index in [1.807, 2.05) is 17.0 Å². The Bertz CT molecular complexity index is 551. The molecule has 0 saturated carbocycles. The van der Waals surface area contributed by atoms with E-state index in [4.69, 9.17) is 0 Å². The van der Waals surface area contributed by atoms with Crippen molar-refractivity contribution in [2.75, 3.05) is 37.6 Å². The highest BCUT2D eigenvalue weighted by Gasteiger charge is 2.38. The molecule has 0 radical (unpaired) electrons. The van der Waals surface area contributed by atoms with E-state index in [2.05, 4.69) is 43.1 Å². The van der Waals surface area contributed by atoms with Crippen molar-refractivity contribution in [1.82, 2.24) is 10.2 Å². The highest BCUT2D eigenvalue weighted by atomic mass is 16.2. The monoisotopic (exact) mass is 329 g/mol. The van der Waals surface area contributed by atoms with Gasteiger partial charge in [0.05, 0.1) is 0 Å². The van der Waals surface area contributed by atoms with Gasteiger partial charge in [-0.25, -0.2) is 0 Å². The molecule has 2 aliphatic heterocycles. The topological polar surface area (TPSA) is 35.6 Å². The average molecular weight is 329 g/mol. The Labute approximate surface area is 146 Å². The van der Waals surface area contributed by atoms with Gasteiger partial charge in [-0.1, -0.05) is 0 Å². The number of piperidine rings is 1. The molecule has 2 heterocycles. The van der Waals surface area contributed by atoms with E-state index in [9.17, 15) is 4.79 Å². The van der Waals surface area contributed by atoms with Crippen LogP contribution in [0.25, 0.3) is 0 Å². The summed E-state index contributed by atoms with van der Waals surface area (Å²) < 4.78 is 0. The molecule has 1 aromatic carbocycles. The first kappa shape index (κ1) is 17.3. The minimum Gasteiger partial charge on any atom is -0.369 e. The Morgan fingerprint density at radius 3 is 2.38 bits per heavy atom. The normalized spacial score (nSPS) is 19.9. The number of nitrogens with one attached hydrogen (secondary N) is 1. The predicted molar refractivity (Wildman–Crippen MR) is 99.7 cm³/mol. The second kappa shape index (κ2) is 7.14. The van der Waals surface area contributed by atoms with Crippen molar-refractivity contribution in [2.45, 2.75) is 46.1 Å². The SMILES string of the molecule is CCN(c1ccc(C(=O)N2CCC3(CCNC3)CC2)cc1)C(C)C. The van der Waals surface area contributed by atoms with Gasteiger partial charge in [-0.2, -0.15) is 0 Å². The Hall–Kier alpha value is -1.55. The molecule has 0 aromatic heterocycles. The summed E-state index contributed by atoms with van der Waals surface area (Å²) in [5.74, 6) is 0.190.